The minimum Gasteiger partial charge on any atom is -0.492 e. The molecule has 116 valence electrons. The molecule has 0 radical (unpaired) electrons. The van der Waals surface area contributed by atoms with Gasteiger partial charge in [-0.3, -0.25) is 4.90 Å². The van der Waals surface area contributed by atoms with Gasteiger partial charge in [0.25, 0.3) is 0 Å². The number of hydrogen-bond acceptors (Lipinski definition) is 3. The molecule has 2 aliphatic heterocycles. The summed E-state index contributed by atoms with van der Waals surface area (Å²) >= 11 is 0. The first-order valence-corrected chi connectivity index (χ1v) is 8.50. The van der Waals surface area contributed by atoms with Crippen molar-refractivity contribution in [2.75, 3.05) is 32.8 Å². The van der Waals surface area contributed by atoms with Crippen molar-refractivity contribution in [3.8, 4) is 5.75 Å². The molecule has 2 atom stereocenters. The predicted octanol–water partition coefficient (Wildman–Crippen LogP) is 3.22. The van der Waals surface area contributed by atoms with Crippen LogP contribution in [0.2, 0.25) is 0 Å². The Bertz CT molecular complexity index is 435. The van der Waals surface area contributed by atoms with Gasteiger partial charge in [0, 0.05) is 12.6 Å². The molecular weight excluding hydrogens is 260 g/mol. The molecule has 2 fully saturated rings. The number of rotatable bonds is 5. The monoisotopic (exact) mass is 288 g/mol. The van der Waals surface area contributed by atoms with Crippen molar-refractivity contribution in [2.24, 2.45) is 5.92 Å². The zero-order chi connectivity index (χ0) is 14.5. The van der Waals surface area contributed by atoms with Gasteiger partial charge in [-0.15, -0.1) is 0 Å². The molecule has 2 heterocycles. The molecule has 0 unspecified atom stereocenters. The van der Waals surface area contributed by atoms with Crippen LogP contribution < -0.4 is 10.1 Å². The molecule has 0 aromatic heterocycles. The van der Waals surface area contributed by atoms with Gasteiger partial charge >= 0.3 is 0 Å². The Labute approximate surface area is 128 Å². The van der Waals surface area contributed by atoms with Crippen molar-refractivity contribution >= 4 is 0 Å². The summed E-state index contributed by atoms with van der Waals surface area (Å²) in [6, 6.07) is 9.15. The average molecular weight is 288 g/mol. The molecule has 3 rings (SSSR count). The van der Waals surface area contributed by atoms with Crippen LogP contribution >= 0.6 is 0 Å². The van der Waals surface area contributed by atoms with Crippen LogP contribution in [0.4, 0.5) is 0 Å². The summed E-state index contributed by atoms with van der Waals surface area (Å²) < 4.78 is 5.95. The molecule has 3 heteroatoms. The van der Waals surface area contributed by atoms with Crippen LogP contribution in [0.15, 0.2) is 24.3 Å². The zero-order valence-electron chi connectivity index (χ0n) is 13.2. The second kappa shape index (κ2) is 7.28. The summed E-state index contributed by atoms with van der Waals surface area (Å²) in [6.07, 6.45) is 5.25. The van der Waals surface area contributed by atoms with Crippen LogP contribution in [0, 0.1) is 5.92 Å². The quantitative estimate of drug-likeness (QED) is 0.900. The van der Waals surface area contributed by atoms with Gasteiger partial charge in [0.2, 0.25) is 0 Å². The van der Waals surface area contributed by atoms with Crippen LogP contribution in [-0.4, -0.2) is 37.7 Å². The van der Waals surface area contributed by atoms with Gasteiger partial charge in [-0.05, 0) is 68.9 Å². The minimum atomic E-state index is 0.503. The molecule has 0 spiro atoms. The van der Waals surface area contributed by atoms with E-state index in [4.69, 9.17) is 4.74 Å². The lowest BCUT2D eigenvalue weighted by molar-refractivity contribution is 0.237. The van der Waals surface area contributed by atoms with E-state index in [1.807, 2.05) is 0 Å². The topological polar surface area (TPSA) is 24.5 Å². The fraction of sp³-hybridized carbons (Fsp3) is 0.667. The molecule has 0 amide bonds. The predicted molar refractivity (Wildman–Crippen MR) is 86.8 cm³/mol. The summed E-state index contributed by atoms with van der Waals surface area (Å²) in [4.78, 5) is 2.49. The number of ether oxygens (including phenoxy) is 1. The van der Waals surface area contributed by atoms with E-state index in [1.54, 1.807) is 0 Å². The third kappa shape index (κ3) is 4.21. The first-order valence-electron chi connectivity index (χ1n) is 8.50. The summed E-state index contributed by atoms with van der Waals surface area (Å²) in [5, 5.41) is 3.65. The molecule has 3 nitrogen and oxygen atoms in total. The SMILES string of the molecule is C[C@H]1CC[C@H](c2cccc(OCCN3CCCC3)c2)NC1. The molecule has 1 aromatic rings. The number of nitrogens with zero attached hydrogens (tertiary/aromatic N) is 1. The van der Waals surface area contributed by atoms with Crippen molar-refractivity contribution in [3.05, 3.63) is 29.8 Å². The van der Waals surface area contributed by atoms with E-state index in [0.29, 0.717) is 6.04 Å². The molecule has 0 aliphatic carbocycles. The second-order valence-corrected chi connectivity index (χ2v) is 6.61. The van der Waals surface area contributed by atoms with E-state index in [0.717, 1.165) is 31.4 Å². The van der Waals surface area contributed by atoms with Gasteiger partial charge < -0.3 is 10.1 Å². The third-order valence-electron chi connectivity index (χ3n) is 4.80. The first-order chi connectivity index (χ1) is 10.3. The van der Waals surface area contributed by atoms with Gasteiger partial charge in [-0.2, -0.15) is 0 Å². The smallest absolute Gasteiger partial charge is 0.119 e. The van der Waals surface area contributed by atoms with E-state index in [-0.39, 0.29) is 0 Å². The molecule has 0 bridgehead atoms. The van der Waals surface area contributed by atoms with Gasteiger partial charge in [0.15, 0.2) is 0 Å². The minimum absolute atomic E-state index is 0.503. The van der Waals surface area contributed by atoms with Crippen LogP contribution in [0.1, 0.15) is 44.2 Å². The fourth-order valence-corrected chi connectivity index (χ4v) is 3.40. The summed E-state index contributed by atoms with van der Waals surface area (Å²) in [6.45, 7) is 7.80. The highest BCUT2D eigenvalue weighted by Crippen LogP contribution is 2.27. The van der Waals surface area contributed by atoms with Gasteiger partial charge in [0.1, 0.15) is 12.4 Å². The van der Waals surface area contributed by atoms with Crippen molar-refractivity contribution in [1.29, 1.82) is 0 Å². The molecule has 2 saturated heterocycles. The maximum atomic E-state index is 5.95. The van der Waals surface area contributed by atoms with Crippen LogP contribution in [0.25, 0.3) is 0 Å². The molecule has 2 aliphatic rings. The van der Waals surface area contributed by atoms with Crippen molar-refractivity contribution in [3.63, 3.8) is 0 Å². The maximum Gasteiger partial charge on any atom is 0.119 e. The third-order valence-corrected chi connectivity index (χ3v) is 4.80. The Balaban J connectivity index is 1.50. The van der Waals surface area contributed by atoms with Crippen LogP contribution in [0.3, 0.4) is 0 Å². The highest BCUT2D eigenvalue weighted by molar-refractivity contribution is 5.30. The maximum absolute atomic E-state index is 5.95. The lowest BCUT2D eigenvalue weighted by Gasteiger charge is -2.28. The van der Waals surface area contributed by atoms with Gasteiger partial charge in [-0.25, -0.2) is 0 Å². The zero-order valence-corrected chi connectivity index (χ0v) is 13.2. The van der Waals surface area contributed by atoms with Crippen molar-refractivity contribution < 1.29 is 4.74 Å². The molecular formula is C18H28N2O. The van der Waals surface area contributed by atoms with E-state index >= 15 is 0 Å². The number of nitrogens with one attached hydrogen (secondary N) is 1. The van der Waals surface area contributed by atoms with E-state index < -0.39 is 0 Å². The summed E-state index contributed by atoms with van der Waals surface area (Å²) in [7, 11) is 0. The Hall–Kier alpha value is -1.06. The van der Waals surface area contributed by atoms with Gasteiger partial charge in [0.05, 0.1) is 0 Å². The highest BCUT2D eigenvalue weighted by atomic mass is 16.5. The first kappa shape index (κ1) is 14.9. The standard InChI is InChI=1S/C18H28N2O/c1-15-7-8-18(19-14-15)16-5-4-6-17(13-16)21-12-11-20-9-2-3-10-20/h4-6,13,15,18-19H,2-3,7-12,14H2,1H3/t15-,18+/m0/s1. The molecule has 1 N–H and O–H groups in total. The number of hydrogen-bond donors (Lipinski definition) is 1. The Morgan fingerprint density at radius 2 is 2.10 bits per heavy atom. The van der Waals surface area contributed by atoms with Crippen molar-refractivity contribution in [1.82, 2.24) is 10.2 Å². The van der Waals surface area contributed by atoms with E-state index in [1.165, 1.54) is 44.3 Å². The normalized spacial score (nSPS) is 26.9. The largest absolute Gasteiger partial charge is 0.492 e. The summed E-state index contributed by atoms with van der Waals surface area (Å²) in [5.74, 6) is 1.83. The van der Waals surface area contributed by atoms with Crippen LogP contribution in [0.5, 0.6) is 5.75 Å². The van der Waals surface area contributed by atoms with Gasteiger partial charge in [-0.1, -0.05) is 19.1 Å². The molecule has 1 aromatic carbocycles. The Morgan fingerprint density at radius 1 is 1.24 bits per heavy atom. The lowest BCUT2D eigenvalue weighted by atomic mass is 9.92. The average Bonchev–Trinajstić information content (AvgIpc) is 3.02. The van der Waals surface area contributed by atoms with E-state index in [2.05, 4.69) is 41.4 Å². The Kier molecular flexibility index (Phi) is 5.15. The second-order valence-electron chi connectivity index (χ2n) is 6.61. The molecule has 0 saturated carbocycles. The van der Waals surface area contributed by atoms with Crippen molar-refractivity contribution in [2.45, 2.75) is 38.6 Å². The summed E-state index contributed by atoms with van der Waals surface area (Å²) in [5.41, 5.74) is 1.38. The number of benzene rings is 1. The fourth-order valence-electron chi connectivity index (χ4n) is 3.40. The number of likely N-dealkylation sites (tertiary alicyclic amines) is 1. The molecule has 21 heavy (non-hydrogen) atoms. The number of piperidine rings is 1. The lowest BCUT2D eigenvalue weighted by Crippen LogP contribution is -2.31. The Morgan fingerprint density at radius 3 is 2.86 bits per heavy atom. The van der Waals surface area contributed by atoms with Crippen LogP contribution in [-0.2, 0) is 0 Å². The highest BCUT2D eigenvalue weighted by Gasteiger charge is 2.19. The van der Waals surface area contributed by atoms with E-state index in [9.17, 15) is 0 Å².